The van der Waals surface area contributed by atoms with Crippen molar-refractivity contribution in [2.24, 2.45) is 0 Å². The largest absolute Gasteiger partial charge is 0.383 e. The predicted molar refractivity (Wildman–Crippen MR) is 131 cm³/mol. The van der Waals surface area contributed by atoms with Gasteiger partial charge in [-0.3, -0.25) is 24.0 Å². The third kappa shape index (κ3) is 4.84. The average molecular weight is 456 g/mol. The first-order valence-corrected chi connectivity index (χ1v) is 11.2. The summed E-state index contributed by atoms with van der Waals surface area (Å²) in [5.41, 5.74) is 7.18. The zero-order chi connectivity index (χ0) is 24.1. The number of carbonyl (C=O) groups excluding carboxylic acids is 1. The first-order chi connectivity index (χ1) is 16.5. The van der Waals surface area contributed by atoms with E-state index in [2.05, 4.69) is 11.1 Å². The summed E-state index contributed by atoms with van der Waals surface area (Å²) in [7, 11) is 0. The SMILES string of the molecule is N#Cc1ccc(/C=C/C(=O)N(c2c(N)n(Cc3ccccc3)c(=O)[nH]c2=O)C2CCCC2)cc1. The third-order valence-electron chi connectivity index (χ3n) is 6.02. The second-order valence-electron chi connectivity index (χ2n) is 8.28. The van der Waals surface area contributed by atoms with Gasteiger partial charge in [-0.05, 0) is 42.2 Å². The Bertz CT molecular complexity index is 1360. The smallest absolute Gasteiger partial charge is 0.330 e. The number of aromatic amines is 1. The van der Waals surface area contributed by atoms with Crippen molar-refractivity contribution >= 4 is 23.5 Å². The van der Waals surface area contributed by atoms with E-state index in [1.807, 2.05) is 30.3 Å². The number of nitrogens with two attached hydrogens (primary N) is 1. The average Bonchev–Trinajstić information content (AvgIpc) is 3.38. The van der Waals surface area contributed by atoms with Gasteiger partial charge >= 0.3 is 5.69 Å². The van der Waals surface area contributed by atoms with Crippen LogP contribution in [-0.4, -0.2) is 21.5 Å². The number of nitriles is 1. The molecule has 1 aliphatic carbocycles. The summed E-state index contributed by atoms with van der Waals surface area (Å²) in [6.45, 7) is 0.170. The minimum atomic E-state index is -0.682. The van der Waals surface area contributed by atoms with Crippen molar-refractivity contribution in [3.05, 3.63) is 98.2 Å². The summed E-state index contributed by atoms with van der Waals surface area (Å²) in [5, 5.41) is 8.96. The number of hydrogen-bond donors (Lipinski definition) is 2. The van der Waals surface area contributed by atoms with E-state index in [-0.39, 0.29) is 24.1 Å². The second kappa shape index (κ2) is 10.0. The molecule has 3 aromatic rings. The van der Waals surface area contributed by atoms with E-state index in [1.54, 1.807) is 30.3 Å². The van der Waals surface area contributed by atoms with Crippen LogP contribution in [0.25, 0.3) is 6.08 Å². The van der Waals surface area contributed by atoms with E-state index >= 15 is 0 Å². The van der Waals surface area contributed by atoms with E-state index in [0.717, 1.165) is 36.8 Å². The molecule has 1 aliphatic rings. The number of hydrogen-bond acceptors (Lipinski definition) is 5. The molecule has 0 bridgehead atoms. The van der Waals surface area contributed by atoms with Crippen LogP contribution in [0, 0.1) is 11.3 Å². The van der Waals surface area contributed by atoms with E-state index in [9.17, 15) is 14.4 Å². The molecule has 0 spiro atoms. The Morgan fingerprint density at radius 2 is 1.79 bits per heavy atom. The molecule has 0 unspecified atom stereocenters. The highest BCUT2D eigenvalue weighted by Crippen LogP contribution is 2.29. The lowest BCUT2D eigenvalue weighted by atomic mass is 10.1. The fraction of sp³-hybridized carbons (Fsp3) is 0.231. The molecule has 0 aliphatic heterocycles. The van der Waals surface area contributed by atoms with E-state index < -0.39 is 17.2 Å². The summed E-state index contributed by atoms with van der Waals surface area (Å²) >= 11 is 0. The standard InChI is InChI=1S/C26H25N5O3/c27-16-19-12-10-18(11-13-19)14-15-22(32)31(21-8-4-5-9-21)23-24(28)30(26(34)29-25(23)33)17-20-6-2-1-3-7-20/h1-3,6-7,10-15,21H,4-5,8-9,17,28H2,(H,29,33,34)/b15-14+. The summed E-state index contributed by atoms with van der Waals surface area (Å²) in [6, 6.07) is 18.0. The number of benzene rings is 2. The Morgan fingerprint density at radius 3 is 2.44 bits per heavy atom. The molecule has 4 rings (SSSR count). The van der Waals surface area contributed by atoms with Crippen LogP contribution in [0.2, 0.25) is 0 Å². The highest BCUT2D eigenvalue weighted by atomic mass is 16.2. The zero-order valence-corrected chi connectivity index (χ0v) is 18.6. The highest BCUT2D eigenvalue weighted by Gasteiger charge is 2.31. The van der Waals surface area contributed by atoms with Crippen LogP contribution in [0.4, 0.5) is 11.5 Å². The quantitative estimate of drug-likeness (QED) is 0.553. The maximum atomic E-state index is 13.4. The highest BCUT2D eigenvalue weighted by molar-refractivity contribution is 6.05. The third-order valence-corrected chi connectivity index (χ3v) is 6.02. The molecule has 34 heavy (non-hydrogen) atoms. The lowest BCUT2D eigenvalue weighted by Crippen LogP contribution is -2.45. The van der Waals surface area contributed by atoms with Gasteiger partial charge in [-0.1, -0.05) is 55.3 Å². The summed E-state index contributed by atoms with van der Waals surface area (Å²) in [6.07, 6.45) is 6.39. The molecule has 1 aromatic heterocycles. The number of aromatic nitrogens is 2. The van der Waals surface area contributed by atoms with Gasteiger partial charge in [0.25, 0.3) is 11.5 Å². The number of amides is 1. The number of nitrogen functional groups attached to an aromatic ring is 1. The zero-order valence-electron chi connectivity index (χ0n) is 18.6. The van der Waals surface area contributed by atoms with Crippen molar-refractivity contribution < 1.29 is 4.79 Å². The number of anilines is 2. The lowest BCUT2D eigenvalue weighted by molar-refractivity contribution is -0.114. The van der Waals surface area contributed by atoms with Crippen molar-refractivity contribution in [3.8, 4) is 6.07 Å². The topological polar surface area (TPSA) is 125 Å². The molecular weight excluding hydrogens is 430 g/mol. The van der Waals surface area contributed by atoms with E-state index in [4.69, 9.17) is 11.0 Å². The number of nitrogens with one attached hydrogen (secondary N) is 1. The van der Waals surface area contributed by atoms with Crippen LogP contribution in [0.15, 0.2) is 70.3 Å². The maximum Gasteiger partial charge on any atom is 0.330 e. The number of rotatable bonds is 6. The molecule has 8 nitrogen and oxygen atoms in total. The minimum Gasteiger partial charge on any atom is -0.383 e. The van der Waals surface area contributed by atoms with E-state index in [1.165, 1.54) is 15.5 Å². The second-order valence-corrected chi connectivity index (χ2v) is 8.28. The molecule has 1 fully saturated rings. The normalized spacial score (nSPS) is 13.7. The summed E-state index contributed by atoms with van der Waals surface area (Å²) in [4.78, 5) is 42.6. The van der Waals surface area contributed by atoms with Gasteiger partial charge < -0.3 is 5.73 Å². The Balaban J connectivity index is 1.73. The lowest BCUT2D eigenvalue weighted by Gasteiger charge is -2.29. The fourth-order valence-corrected chi connectivity index (χ4v) is 4.28. The van der Waals surface area contributed by atoms with Crippen molar-refractivity contribution in [3.63, 3.8) is 0 Å². The summed E-state index contributed by atoms with van der Waals surface area (Å²) < 4.78 is 1.28. The van der Waals surface area contributed by atoms with Gasteiger partial charge in [0.2, 0.25) is 0 Å². The van der Waals surface area contributed by atoms with Crippen LogP contribution >= 0.6 is 0 Å². The molecule has 8 heteroatoms. The number of carbonyl (C=O) groups is 1. The van der Waals surface area contributed by atoms with Gasteiger partial charge in [0.15, 0.2) is 5.69 Å². The molecule has 0 atom stereocenters. The first-order valence-electron chi connectivity index (χ1n) is 11.2. The molecule has 1 saturated carbocycles. The van der Waals surface area contributed by atoms with Gasteiger partial charge in [-0.25, -0.2) is 4.79 Å². The van der Waals surface area contributed by atoms with Crippen LogP contribution in [0.3, 0.4) is 0 Å². The van der Waals surface area contributed by atoms with Crippen molar-refractivity contribution in [1.82, 2.24) is 9.55 Å². The molecule has 2 aromatic carbocycles. The Kier molecular flexibility index (Phi) is 6.74. The van der Waals surface area contributed by atoms with Crippen LogP contribution in [0.1, 0.15) is 42.4 Å². The van der Waals surface area contributed by atoms with Gasteiger partial charge in [-0.15, -0.1) is 0 Å². The molecule has 0 saturated heterocycles. The molecule has 0 radical (unpaired) electrons. The number of H-pyrrole nitrogens is 1. The Hall–Kier alpha value is -4.38. The predicted octanol–water partition coefficient (Wildman–Crippen LogP) is 3.03. The van der Waals surface area contributed by atoms with Crippen LogP contribution in [-0.2, 0) is 11.3 Å². The molecule has 1 amide bonds. The van der Waals surface area contributed by atoms with Gasteiger partial charge in [0.1, 0.15) is 5.82 Å². The van der Waals surface area contributed by atoms with E-state index in [0.29, 0.717) is 5.56 Å². The Morgan fingerprint density at radius 1 is 1.12 bits per heavy atom. The van der Waals surface area contributed by atoms with Gasteiger partial charge in [0.05, 0.1) is 18.2 Å². The van der Waals surface area contributed by atoms with Crippen LogP contribution < -0.4 is 21.9 Å². The van der Waals surface area contributed by atoms with Crippen LogP contribution in [0.5, 0.6) is 0 Å². The van der Waals surface area contributed by atoms with Crippen molar-refractivity contribution in [1.29, 1.82) is 5.26 Å². The summed E-state index contributed by atoms with van der Waals surface area (Å²) in [5.74, 6) is -0.428. The fourth-order valence-electron chi connectivity index (χ4n) is 4.28. The molecule has 172 valence electrons. The van der Waals surface area contributed by atoms with Crippen molar-refractivity contribution in [2.75, 3.05) is 10.6 Å². The van der Waals surface area contributed by atoms with Gasteiger partial charge in [-0.2, -0.15) is 5.26 Å². The van der Waals surface area contributed by atoms with Crippen molar-refractivity contribution in [2.45, 2.75) is 38.3 Å². The molecule has 1 heterocycles. The Labute approximate surface area is 196 Å². The first kappa shape index (κ1) is 22.8. The number of nitrogens with zero attached hydrogens (tertiary/aromatic N) is 3. The molecular formula is C26H25N5O3. The van der Waals surface area contributed by atoms with Gasteiger partial charge in [0, 0.05) is 12.1 Å². The minimum absolute atomic E-state index is 0.00286. The monoisotopic (exact) mass is 455 g/mol. The molecule has 3 N–H and O–H groups in total. The maximum absolute atomic E-state index is 13.4.